The molecule has 2 heterocycles. The minimum absolute atomic E-state index is 0.296. The Morgan fingerprint density at radius 2 is 1.79 bits per heavy atom. The number of nitrogens with one attached hydrogen (secondary N) is 3. The molecule has 9 heteroatoms. The zero-order valence-corrected chi connectivity index (χ0v) is 17.4. The molecule has 2 aromatic heterocycles. The number of rotatable bonds is 3. The van der Waals surface area contributed by atoms with Crippen LogP contribution in [0.2, 0.25) is 10.0 Å². The lowest BCUT2D eigenvalue weighted by atomic mass is 10.0. The highest BCUT2D eigenvalue weighted by atomic mass is 35.5. The van der Waals surface area contributed by atoms with E-state index in [2.05, 4.69) is 30.9 Å². The smallest absolute Gasteiger partial charge is 0.320 e. The summed E-state index contributed by atoms with van der Waals surface area (Å²) >= 11 is 12.8. The molecule has 7 nitrogen and oxygen atoms in total. The number of aromatic nitrogens is 3. The number of nitrogens with zero attached hydrogens (tertiary/aromatic N) is 3. The van der Waals surface area contributed by atoms with Gasteiger partial charge in [-0.1, -0.05) is 29.3 Å². The highest BCUT2D eigenvalue weighted by Crippen LogP contribution is 2.39. The summed E-state index contributed by atoms with van der Waals surface area (Å²) in [6, 6.07) is 6.62. The van der Waals surface area contributed by atoms with Gasteiger partial charge in [0.05, 0.1) is 10.0 Å². The van der Waals surface area contributed by atoms with Crippen LogP contribution in [0.4, 0.5) is 16.6 Å². The second-order valence-corrected chi connectivity index (χ2v) is 7.98. The van der Waals surface area contributed by atoms with E-state index >= 15 is 0 Å². The zero-order chi connectivity index (χ0) is 20.5. The number of urea groups is 1. The van der Waals surface area contributed by atoms with Crippen LogP contribution in [0.15, 0.2) is 30.5 Å². The molecular weight excluding hydrogens is 399 g/mol. The quantitative estimate of drug-likeness (QED) is 0.558. The second kappa shape index (κ2) is 7.77. The van der Waals surface area contributed by atoms with Crippen molar-refractivity contribution >= 4 is 52.0 Å². The van der Waals surface area contributed by atoms with Crippen LogP contribution in [0.1, 0.15) is 20.8 Å². The Balaban J connectivity index is 2.18. The van der Waals surface area contributed by atoms with Crippen LogP contribution < -0.4 is 16.0 Å². The SMILES string of the molecule is CNc1ncc2cc(-c3c(Cl)cccc3Cl)c(NC(=O)NC(C)(C)C)nc2n1. The van der Waals surface area contributed by atoms with Gasteiger partial charge in [0.15, 0.2) is 5.65 Å². The largest absolute Gasteiger partial charge is 0.357 e. The van der Waals surface area contributed by atoms with Crippen LogP contribution in [0.3, 0.4) is 0 Å². The first-order valence-corrected chi connectivity index (χ1v) is 9.32. The standard InChI is InChI=1S/C19H20Cl2N6O/c1-19(2,3)27-18(28)26-16-11(14-12(20)6-5-7-13(14)21)8-10-9-23-17(22-4)25-15(10)24-16/h5-9H,1-4H3,(H3,22,23,24,25,26,27,28). The van der Waals surface area contributed by atoms with Gasteiger partial charge in [0, 0.05) is 35.3 Å². The molecule has 0 spiro atoms. The van der Waals surface area contributed by atoms with Crippen molar-refractivity contribution in [2.24, 2.45) is 0 Å². The molecule has 1 aromatic carbocycles. The van der Waals surface area contributed by atoms with Crippen molar-refractivity contribution in [2.75, 3.05) is 17.7 Å². The van der Waals surface area contributed by atoms with Gasteiger partial charge in [0.25, 0.3) is 0 Å². The van der Waals surface area contributed by atoms with Crippen molar-refractivity contribution in [3.8, 4) is 11.1 Å². The minimum Gasteiger partial charge on any atom is -0.357 e. The summed E-state index contributed by atoms with van der Waals surface area (Å²) < 4.78 is 0. The van der Waals surface area contributed by atoms with Gasteiger partial charge >= 0.3 is 6.03 Å². The first-order valence-electron chi connectivity index (χ1n) is 8.57. The molecule has 0 aliphatic rings. The molecule has 28 heavy (non-hydrogen) atoms. The van der Waals surface area contributed by atoms with E-state index in [-0.39, 0.29) is 0 Å². The van der Waals surface area contributed by atoms with E-state index in [0.717, 1.165) is 0 Å². The number of anilines is 2. The minimum atomic E-state index is -0.412. The van der Waals surface area contributed by atoms with Gasteiger partial charge in [-0.05, 0) is 39.0 Å². The van der Waals surface area contributed by atoms with Gasteiger partial charge < -0.3 is 10.6 Å². The van der Waals surface area contributed by atoms with Gasteiger partial charge in [0.1, 0.15) is 5.82 Å². The van der Waals surface area contributed by atoms with Crippen LogP contribution in [-0.2, 0) is 0 Å². The highest BCUT2D eigenvalue weighted by molar-refractivity contribution is 6.39. The van der Waals surface area contributed by atoms with E-state index in [4.69, 9.17) is 23.2 Å². The number of carbonyl (C=O) groups excluding carboxylic acids is 1. The Labute approximate surface area is 172 Å². The third-order valence-corrected chi connectivity index (χ3v) is 4.37. The van der Waals surface area contributed by atoms with E-state index in [1.807, 2.05) is 26.8 Å². The predicted octanol–water partition coefficient (Wildman–Crippen LogP) is 4.96. The van der Waals surface area contributed by atoms with Crippen LogP contribution in [0, 0.1) is 0 Å². The first-order chi connectivity index (χ1) is 13.2. The molecule has 0 unspecified atom stereocenters. The Morgan fingerprint density at radius 3 is 2.39 bits per heavy atom. The van der Waals surface area contributed by atoms with E-state index in [9.17, 15) is 4.79 Å². The number of hydrogen-bond donors (Lipinski definition) is 3. The summed E-state index contributed by atoms with van der Waals surface area (Å²) in [5.74, 6) is 0.721. The van der Waals surface area contributed by atoms with Crippen molar-refractivity contribution < 1.29 is 4.79 Å². The maximum Gasteiger partial charge on any atom is 0.320 e. The van der Waals surface area contributed by atoms with E-state index in [1.54, 1.807) is 31.4 Å². The summed E-state index contributed by atoms with van der Waals surface area (Å²) in [6.07, 6.45) is 1.65. The average Bonchev–Trinajstić information content (AvgIpc) is 2.59. The van der Waals surface area contributed by atoms with Crippen LogP contribution in [0.25, 0.3) is 22.2 Å². The monoisotopic (exact) mass is 418 g/mol. The molecular formula is C19H20Cl2N6O. The van der Waals surface area contributed by atoms with E-state index in [1.165, 1.54) is 0 Å². The highest BCUT2D eigenvalue weighted by Gasteiger charge is 2.20. The number of hydrogen-bond acceptors (Lipinski definition) is 5. The normalized spacial score (nSPS) is 11.4. The molecule has 0 fully saturated rings. The molecule has 3 rings (SSSR count). The molecule has 0 atom stereocenters. The Bertz CT molecular complexity index is 1030. The molecule has 3 aromatic rings. The number of amides is 2. The fourth-order valence-corrected chi connectivity index (χ4v) is 3.21. The fourth-order valence-electron chi connectivity index (χ4n) is 2.60. The maximum absolute atomic E-state index is 12.5. The molecule has 0 aliphatic carbocycles. The zero-order valence-electron chi connectivity index (χ0n) is 15.9. The lowest BCUT2D eigenvalue weighted by Crippen LogP contribution is -2.43. The molecule has 2 amide bonds. The van der Waals surface area contributed by atoms with Crippen molar-refractivity contribution in [3.05, 3.63) is 40.5 Å². The Hall–Kier alpha value is -2.64. The summed E-state index contributed by atoms with van der Waals surface area (Å²) in [7, 11) is 1.72. The molecule has 0 saturated carbocycles. The summed E-state index contributed by atoms with van der Waals surface area (Å²) in [6.45, 7) is 5.66. The lowest BCUT2D eigenvalue weighted by Gasteiger charge is -2.21. The fraction of sp³-hybridized carbons (Fsp3) is 0.263. The molecule has 0 radical (unpaired) electrons. The average molecular weight is 419 g/mol. The van der Waals surface area contributed by atoms with Crippen molar-refractivity contribution in [1.82, 2.24) is 20.3 Å². The maximum atomic E-state index is 12.5. The van der Waals surface area contributed by atoms with Gasteiger partial charge in [-0.3, -0.25) is 5.32 Å². The van der Waals surface area contributed by atoms with Gasteiger partial charge in [-0.2, -0.15) is 4.98 Å². The third-order valence-electron chi connectivity index (χ3n) is 3.74. The topological polar surface area (TPSA) is 91.8 Å². The predicted molar refractivity (Wildman–Crippen MR) is 114 cm³/mol. The van der Waals surface area contributed by atoms with Crippen molar-refractivity contribution in [3.63, 3.8) is 0 Å². The first kappa shape index (κ1) is 20.1. The van der Waals surface area contributed by atoms with Gasteiger partial charge in [-0.25, -0.2) is 14.8 Å². The number of fused-ring (bicyclic) bond motifs is 1. The molecule has 0 saturated heterocycles. The van der Waals surface area contributed by atoms with Crippen LogP contribution in [0.5, 0.6) is 0 Å². The second-order valence-electron chi connectivity index (χ2n) is 7.17. The number of pyridine rings is 1. The number of benzene rings is 1. The van der Waals surface area contributed by atoms with Crippen molar-refractivity contribution in [2.45, 2.75) is 26.3 Å². The van der Waals surface area contributed by atoms with Crippen LogP contribution in [-0.4, -0.2) is 33.6 Å². The summed E-state index contributed by atoms with van der Waals surface area (Å²) in [5.41, 5.74) is 1.17. The molecule has 146 valence electrons. The Kier molecular flexibility index (Phi) is 5.58. The molecule has 0 bridgehead atoms. The van der Waals surface area contributed by atoms with Crippen molar-refractivity contribution in [1.29, 1.82) is 0 Å². The molecule has 0 aliphatic heterocycles. The Morgan fingerprint density at radius 1 is 1.11 bits per heavy atom. The number of carbonyl (C=O) groups is 1. The van der Waals surface area contributed by atoms with E-state index in [0.29, 0.717) is 44.0 Å². The van der Waals surface area contributed by atoms with Crippen LogP contribution >= 0.6 is 23.2 Å². The molecule has 3 N–H and O–H groups in total. The van der Waals surface area contributed by atoms with Gasteiger partial charge in [0.2, 0.25) is 5.95 Å². The third kappa shape index (κ3) is 4.43. The summed E-state index contributed by atoms with van der Waals surface area (Å²) in [5, 5.41) is 10.1. The van der Waals surface area contributed by atoms with E-state index < -0.39 is 11.6 Å². The van der Waals surface area contributed by atoms with Gasteiger partial charge in [-0.15, -0.1) is 0 Å². The number of halogens is 2. The lowest BCUT2D eigenvalue weighted by molar-refractivity contribution is 0.243. The summed E-state index contributed by atoms with van der Waals surface area (Å²) in [4.78, 5) is 25.6.